The van der Waals surface area contributed by atoms with Gasteiger partial charge in [0.2, 0.25) is 16.2 Å². The molecule has 0 unspecified atom stereocenters. The highest BCUT2D eigenvalue weighted by atomic mass is 32.1. The van der Waals surface area contributed by atoms with Crippen LogP contribution < -0.4 is 20.3 Å². The van der Waals surface area contributed by atoms with Crippen LogP contribution in [-0.2, 0) is 11.3 Å². The van der Waals surface area contributed by atoms with Crippen LogP contribution in [-0.4, -0.2) is 69.8 Å². The van der Waals surface area contributed by atoms with Crippen molar-refractivity contribution < 1.29 is 22.7 Å². The van der Waals surface area contributed by atoms with Gasteiger partial charge in [0.05, 0.1) is 0 Å². The average Bonchev–Trinajstić information content (AvgIpc) is 3.61. The molecular weight excluding hydrogens is 521 g/mol. The molecule has 4 heterocycles. The third-order valence-electron chi connectivity index (χ3n) is 6.45. The van der Waals surface area contributed by atoms with Crippen LogP contribution in [0.4, 0.5) is 29.3 Å². The maximum absolute atomic E-state index is 12.6. The second kappa shape index (κ2) is 11.5. The van der Waals surface area contributed by atoms with Crippen molar-refractivity contribution in [1.82, 2.24) is 25.3 Å². The van der Waals surface area contributed by atoms with E-state index in [1.54, 1.807) is 18.3 Å². The van der Waals surface area contributed by atoms with Gasteiger partial charge in [0, 0.05) is 44.8 Å². The lowest BCUT2D eigenvalue weighted by atomic mass is 10.0. The lowest BCUT2D eigenvalue weighted by Gasteiger charge is -2.17. The number of ether oxygens (including phenoxy) is 1. The van der Waals surface area contributed by atoms with Crippen LogP contribution in [0.3, 0.4) is 0 Å². The number of benzene rings is 1. The van der Waals surface area contributed by atoms with Gasteiger partial charge in [-0.2, -0.15) is 5.10 Å². The Morgan fingerprint density at radius 2 is 1.95 bits per heavy atom. The normalized spacial score (nSPS) is 20.0. The average molecular weight is 549 g/mol. The second-order valence-electron chi connectivity index (χ2n) is 9.41. The number of alkyl halides is 3. The summed E-state index contributed by atoms with van der Waals surface area (Å²) in [6, 6.07) is 9.98. The Bertz CT molecular complexity index is 1230. The summed E-state index contributed by atoms with van der Waals surface area (Å²) in [4.78, 5) is 16.9. The molecule has 2 saturated heterocycles. The fraction of sp³-hybridized carbons (Fsp3) is 0.458. The predicted molar refractivity (Wildman–Crippen MR) is 136 cm³/mol. The Kier molecular flexibility index (Phi) is 7.88. The Hall–Kier alpha value is -3.52. The number of carbonyl (C=O) groups excluding carboxylic acids is 1. The molecule has 2 aliphatic heterocycles. The minimum absolute atomic E-state index is 0.130. The van der Waals surface area contributed by atoms with Crippen LogP contribution >= 0.6 is 11.3 Å². The number of rotatable bonds is 9. The molecule has 5 rings (SSSR count). The summed E-state index contributed by atoms with van der Waals surface area (Å²) in [6.45, 7) is 3.59. The standard InChI is InChI=1S/C24H27F3N8O2S/c25-24(26,27)37-19-4-1-3-16(11-19)13-34-9-6-17(14-34)12-21(36)30-23-33-32-22(38-23)29-18-7-10-35(15-18)20-5-2-8-28-31-20/h1-5,8,11,17-18H,6-7,9-10,12-15H2,(H,29,32)(H,30,33,36)/t17-,18-/m1/s1. The lowest BCUT2D eigenvalue weighted by molar-refractivity contribution is -0.274. The molecule has 3 aromatic rings. The molecule has 202 valence electrons. The van der Waals surface area contributed by atoms with Gasteiger partial charge in [-0.05, 0) is 55.1 Å². The first-order chi connectivity index (χ1) is 18.3. The minimum atomic E-state index is -4.72. The zero-order chi connectivity index (χ0) is 26.5. The molecule has 2 aromatic heterocycles. The van der Waals surface area contributed by atoms with Crippen molar-refractivity contribution in [3.63, 3.8) is 0 Å². The highest BCUT2D eigenvalue weighted by Gasteiger charge is 2.31. The van der Waals surface area contributed by atoms with Gasteiger partial charge in [-0.3, -0.25) is 9.69 Å². The molecule has 38 heavy (non-hydrogen) atoms. The molecule has 2 aliphatic rings. The van der Waals surface area contributed by atoms with Crippen molar-refractivity contribution in [1.29, 1.82) is 0 Å². The Labute approximate surface area is 221 Å². The first-order valence-electron chi connectivity index (χ1n) is 12.3. The quantitative estimate of drug-likeness (QED) is 0.413. The van der Waals surface area contributed by atoms with E-state index in [9.17, 15) is 18.0 Å². The Morgan fingerprint density at radius 1 is 1.08 bits per heavy atom. The molecule has 0 spiro atoms. The number of aromatic nitrogens is 4. The minimum Gasteiger partial charge on any atom is -0.406 e. The number of amides is 1. The van der Waals surface area contributed by atoms with E-state index in [1.165, 1.54) is 23.5 Å². The molecule has 14 heteroatoms. The van der Waals surface area contributed by atoms with Gasteiger partial charge in [-0.15, -0.1) is 28.5 Å². The van der Waals surface area contributed by atoms with Gasteiger partial charge in [0.25, 0.3) is 0 Å². The molecule has 0 saturated carbocycles. The summed E-state index contributed by atoms with van der Waals surface area (Å²) in [5.74, 6) is 0.638. The SMILES string of the molecule is O=C(C[C@H]1CCN(Cc2cccc(OC(F)(F)F)c2)C1)Nc1nnc(N[C@@H]2CCN(c3cccnn3)C2)s1. The number of likely N-dealkylation sites (tertiary alicyclic amines) is 1. The maximum atomic E-state index is 12.6. The summed E-state index contributed by atoms with van der Waals surface area (Å²) in [5, 5.41) is 23.6. The summed E-state index contributed by atoms with van der Waals surface area (Å²) in [6.07, 6.45) is -0.972. The summed E-state index contributed by atoms with van der Waals surface area (Å²) < 4.78 is 41.5. The van der Waals surface area contributed by atoms with E-state index in [-0.39, 0.29) is 23.6 Å². The fourth-order valence-electron chi connectivity index (χ4n) is 4.81. The van der Waals surface area contributed by atoms with Crippen molar-refractivity contribution in [2.45, 2.75) is 38.2 Å². The van der Waals surface area contributed by atoms with Crippen molar-refractivity contribution in [2.75, 3.05) is 41.7 Å². The van der Waals surface area contributed by atoms with Crippen LogP contribution in [0.2, 0.25) is 0 Å². The zero-order valence-corrected chi connectivity index (χ0v) is 21.2. The van der Waals surface area contributed by atoms with Crippen molar-refractivity contribution in [3.05, 3.63) is 48.2 Å². The van der Waals surface area contributed by atoms with E-state index in [1.807, 2.05) is 12.1 Å². The number of hydrogen-bond donors (Lipinski definition) is 2. The highest BCUT2D eigenvalue weighted by molar-refractivity contribution is 7.19. The number of hydrogen-bond acceptors (Lipinski definition) is 10. The van der Waals surface area contributed by atoms with E-state index < -0.39 is 6.36 Å². The van der Waals surface area contributed by atoms with Gasteiger partial charge in [-0.25, -0.2) is 0 Å². The first-order valence-corrected chi connectivity index (χ1v) is 13.1. The number of nitrogens with one attached hydrogen (secondary N) is 2. The van der Waals surface area contributed by atoms with Crippen LogP contribution in [0.15, 0.2) is 42.6 Å². The van der Waals surface area contributed by atoms with Crippen molar-refractivity contribution in [2.24, 2.45) is 5.92 Å². The van der Waals surface area contributed by atoms with Crippen molar-refractivity contribution >= 4 is 33.3 Å². The third kappa shape index (κ3) is 7.28. The van der Waals surface area contributed by atoms with Crippen LogP contribution in [0, 0.1) is 5.92 Å². The molecule has 0 radical (unpaired) electrons. The van der Waals surface area contributed by atoms with Gasteiger partial charge in [0.15, 0.2) is 5.82 Å². The largest absolute Gasteiger partial charge is 0.573 e. The molecule has 0 bridgehead atoms. The van der Waals surface area contributed by atoms with Gasteiger partial charge in [0.1, 0.15) is 5.75 Å². The number of halogens is 3. The molecule has 0 aliphatic carbocycles. The smallest absolute Gasteiger partial charge is 0.406 e. The predicted octanol–water partition coefficient (Wildman–Crippen LogP) is 3.77. The number of anilines is 3. The molecule has 2 N–H and O–H groups in total. The topological polar surface area (TPSA) is 108 Å². The summed E-state index contributed by atoms with van der Waals surface area (Å²) >= 11 is 1.30. The Morgan fingerprint density at radius 3 is 2.76 bits per heavy atom. The first kappa shape index (κ1) is 26.1. The van der Waals surface area contributed by atoms with Crippen LogP contribution in [0.5, 0.6) is 5.75 Å². The molecule has 1 aromatic carbocycles. The molecule has 2 fully saturated rings. The highest BCUT2D eigenvalue weighted by Crippen LogP contribution is 2.28. The maximum Gasteiger partial charge on any atom is 0.573 e. The van der Waals surface area contributed by atoms with E-state index >= 15 is 0 Å². The van der Waals surface area contributed by atoms with E-state index in [0.717, 1.165) is 43.9 Å². The zero-order valence-electron chi connectivity index (χ0n) is 20.4. The van der Waals surface area contributed by atoms with Crippen molar-refractivity contribution in [3.8, 4) is 5.75 Å². The van der Waals surface area contributed by atoms with E-state index in [0.29, 0.717) is 29.8 Å². The van der Waals surface area contributed by atoms with E-state index in [2.05, 4.69) is 45.6 Å². The van der Waals surface area contributed by atoms with Gasteiger partial charge in [-0.1, -0.05) is 23.5 Å². The fourth-order valence-corrected chi connectivity index (χ4v) is 5.55. The Balaban J connectivity index is 1.05. The monoisotopic (exact) mass is 548 g/mol. The summed E-state index contributed by atoms with van der Waals surface area (Å²) in [7, 11) is 0. The van der Waals surface area contributed by atoms with Gasteiger partial charge >= 0.3 is 6.36 Å². The van der Waals surface area contributed by atoms with Crippen LogP contribution in [0.25, 0.3) is 0 Å². The molecule has 1 amide bonds. The number of nitrogens with zero attached hydrogens (tertiary/aromatic N) is 6. The van der Waals surface area contributed by atoms with Crippen LogP contribution in [0.1, 0.15) is 24.8 Å². The molecule has 10 nitrogen and oxygen atoms in total. The summed E-state index contributed by atoms with van der Waals surface area (Å²) in [5.41, 5.74) is 0.729. The van der Waals surface area contributed by atoms with Gasteiger partial charge < -0.3 is 20.3 Å². The molecule has 2 atom stereocenters. The number of carbonyl (C=O) groups is 1. The third-order valence-corrected chi connectivity index (χ3v) is 7.22. The molecular formula is C24H27F3N8O2S. The lowest BCUT2D eigenvalue weighted by Crippen LogP contribution is -2.26. The van der Waals surface area contributed by atoms with E-state index in [4.69, 9.17) is 0 Å². The second-order valence-corrected chi connectivity index (χ2v) is 10.4.